The molecule has 1 atom stereocenters. The second-order valence-corrected chi connectivity index (χ2v) is 7.29. The van der Waals surface area contributed by atoms with E-state index in [1.165, 1.54) is 0 Å². The largest absolute Gasteiger partial charge is 0.456 e. The third-order valence-electron chi connectivity index (χ3n) is 4.07. The molecular formula is C21H17NO2S. The first kappa shape index (κ1) is 15.8. The molecule has 0 aliphatic rings. The summed E-state index contributed by atoms with van der Waals surface area (Å²) in [6.07, 6.45) is 0. The van der Waals surface area contributed by atoms with Gasteiger partial charge in [0.15, 0.2) is 0 Å². The Morgan fingerprint density at radius 1 is 0.920 bits per heavy atom. The lowest BCUT2D eigenvalue weighted by Crippen LogP contribution is -2.22. The molecule has 4 heteroatoms. The molecule has 4 rings (SSSR count). The van der Waals surface area contributed by atoms with E-state index in [0.29, 0.717) is 0 Å². The zero-order valence-corrected chi connectivity index (χ0v) is 14.5. The number of hydrogen-bond donors (Lipinski definition) is 1. The quantitative estimate of drug-likeness (QED) is 0.481. The summed E-state index contributed by atoms with van der Waals surface area (Å²) >= 11 is 1.54. The first-order valence-electron chi connectivity index (χ1n) is 8.14. The molecule has 3 nitrogen and oxygen atoms in total. The Bertz CT molecular complexity index is 1040. The molecular weight excluding hydrogens is 330 g/mol. The topological polar surface area (TPSA) is 42.2 Å². The van der Waals surface area contributed by atoms with Crippen molar-refractivity contribution in [2.75, 3.05) is 5.32 Å². The monoisotopic (exact) mass is 347 g/mol. The number of nitrogens with one attached hydrogen (secondary N) is 1. The molecule has 0 fully saturated rings. The Labute approximate surface area is 150 Å². The lowest BCUT2D eigenvalue weighted by molar-refractivity contribution is -0.115. The van der Waals surface area contributed by atoms with E-state index in [4.69, 9.17) is 4.42 Å². The van der Waals surface area contributed by atoms with Crippen molar-refractivity contribution in [3.8, 4) is 0 Å². The summed E-state index contributed by atoms with van der Waals surface area (Å²) in [6.45, 7) is 1.91. The summed E-state index contributed by atoms with van der Waals surface area (Å²) < 4.78 is 5.87. The van der Waals surface area contributed by atoms with Gasteiger partial charge in [-0.1, -0.05) is 36.4 Å². The van der Waals surface area contributed by atoms with E-state index in [-0.39, 0.29) is 11.2 Å². The molecule has 1 amide bonds. The SMILES string of the molecule is C[C@@H](Sc1ccccc1)C(=O)Nc1ccc2c(c1)oc1ccccc12. The number of furan rings is 1. The summed E-state index contributed by atoms with van der Waals surface area (Å²) in [5, 5.41) is 4.93. The van der Waals surface area contributed by atoms with E-state index >= 15 is 0 Å². The number of rotatable bonds is 4. The van der Waals surface area contributed by atoms with E-state index < -0.39 is 0 Å². The Morgan fingerprint density at radius 2 is 1.64 bits per heavy atom. The van der Waals surface area contributed by atoms with Gasteiger partial charge in [0.05, 0.1) is 5.25 Å². The number of amides is 1. The normalized spacial score (nSPS) is 12.4. The molecule has 3 aromatic carbocycles. The number of thioether (sulfide) groups is 1. The number of carbonyl (C=O) groups is 1. The number of carbonyl (C=O) groups excluding carboxylic acids is 1. The van der Waals surface area contributed by atoms with Crippen LogP contribution < -0.4 is 5.32 Å². The van der Waals surface area contributed by atoms with Crippen LogP contribution in [0.1, 0.15) is 6.92 Å². The molecule has 0 bridgehead atoms. The van der Waals surface area contributed by atoms with Crippen molar-refractivity contribution in [2.45, 2.75) is 17.1 Å². The summed E-state index contributed by atoms with van der Waals surface area (Å²) in [4.78, 5) is 13.5. The van der Waals surface area contributed by atoms with Crippen molar-refractivity contribution in [3.63, 3.8) is 0 Å². The van der Waals surface area contributed by atoms with Gasteiger partial charge in [-0.3, -0.25) is 4.79 Å². The smallest absolute Gasteiger partial charge is 0.237 e. The van der Waals surface area contributed by atoms with Crippen molar-refractivity contribution >= 4 is 45.3 Å². The highest BCUT2D eigenvalue weighted by Crippen LogP contribution is 2.31. The molecule has 4 aromatic rings. The van der Waals surface area contributed by atoms with Gasteiger partial charge in [-0.2, -0.15) is 0 Å². The Hall–Kier alpha value is -2.72. The molecule has 0 saturated carbocycles. The molecule has 25 heavy (non-hydrogen) atoms. The van der Waals surface area contributed by atoms with Gasteiger partial charge in [-0.25, -0.2) is 0 Å². The van der Waals surface area contributed by atoms with Crippen LogP contribution in [0.5, 0.6) is 0 Å². The molecule has 1 N–H and O–H groups in total. The predicted molar refractivity (Wildman–Crippen MR) is 104 cm³/mol. The molecule has 0 spiro atoms. The average Bonchev–Trinajstić information content (AvgIpc) is 3.00. The first-order valence-corrected chi connectivity index (χ1v) is 9.02. The molecule has 0 radical (unpaired) electrons. The summed E-state index contributed by atoms with van der Waals surface area (Å²) in [5.74, 6) is -0.0238. The number of para-hydroxylation sites is 1. The van der Waals surface area contributed by atoms with Gasteiger partial charge in [0.2, 0.25) is 5.91 Å². The number of anilines is 1. The van der Waals surface area contributed by atoms with Crippen molar-refractivity contribution in [1.29, 1.82) is 0 Å². The minimum atomic E-state index is -0.186. The molecule has 1 heterocycles. The molecule has 0 saturated heterocycles. The molecule has 0 aliphatic heterocycles. The molecule has 0 aliphatic carbocycles. The fraction of sp³-hybridized carbons (Fsp3) is 0.0952. The van der Waals surface area contributed by atoms with Gasteiger partial charge in [0, 0.05) is 27.4 Å². The number of fused-ring (bicyclic) bond motifs is 3. The highest BCUT2D eigenvalue weighted by Gasteiger charge is 2.15. The Balaban J connectivity index is 1.53. The Morgan fingerprint density at radius 3 is 2.48 bits per heavy atom. The number of benzene rings is 3. The van der Waals surface area contributed by atoms with Crippen LogP contribution in [-0.2, 0) is 4.79 Å². The number of hydrogen-bond acceptors (Lipinski definition) is 3. The second kappa shape index (κ2) is 6.65. The maximum Gasteiger partial charge on any atom is 0.237 e. The standard InChI is InChI=1S/C21H17NO2S/c1-14(25-16-7-3-2-4-8-16)21(23)22-15-11-12-18-17-9-5-6-10-19(17)24-20(18)13-15/h2-14H,1H3,(H,22,23)/t14-/m1/s1. The first-order chi connectivity index (χ1) is 12.2. The van der Waals surface area contributed by atoms with Gasteiger partial charge in [0.1, 0.15) is 11.2 Å². The van der Waals surface area contributed by atoms with E-state index in [1.807, 2.05) is 79.7 Å². The maximum absolute atomic E-state index is 12.5. The van der Waals surface area contributed by atoms with Gasteiger partial charge in [0.25, 0.3) is 0 Å². The average molecular weight is 347 g/mol. The van der Waals surface area contributed by atoms with Gasteiger partial charge >= 0.3 is 0 Å². The highest BCUT2D eigenvalue weighted by atomic mass is 32.2. The maximum atomic E-state index is 12.5. The molecule has 1 aromatic heterocycles. The van der Waals surface area contributed by atoms with Crippen LogP contribution in [0, 0.1) is 0 Å². The van der Waals surface area contributed by atoms with Crippen molar-refractivity contribution < 1.29 is 9.21 Å². The van der Waals surface area contributed by atoms with Gasteiger partial charge in [-0.15, -0.1) is 11.8 Å². The highest BCUT2D eigenvalue weighted by molar-refractivity contribution is 8.00. The fourth-order valence-electron chi connectivity index (χ4n) is 2.80. The third-order valence-corrected chi connectivity index (χ3v) is 5.18. The van der Waals surface area contributed by atoms with E-state index in [1.54, 1.807) is 11.8 Å². The fourth-order valence-corrected chi connectivity index (χ4v) is 3.69. The van der Waals surface area contributed by atoms with E-state index in [9.17, 15) is 4.79 Å². The minimum Gasteiger partial charge on any atom is -0.456 e. The van der Waals surface area contributed by atoms with E-state index in [2.05, 4.69) is 5.32 Å². The van der Waals surface area contributed by atoms with Crippen LogP contribution in [0.15, 0.2) is 82.1 Å². The zero-order chi connectivity index (χ0) is 17.2. The third kappa shape index (κ3) is 3.26. The van der Waals surface area contributed by atoms with Crippen LogP contribution in [0.3, 0.4) is 0 Å². The summed E-state index contributed by atoms with van der Waals surface area (Å²) in [5.41, 5.74) is 2.38. The summed E-state index contributed by atoms with van der Waals surface area (Å²) in [6, 6.07) is 23.7. The van der Waals surface area contributed by atoms with Crippen molar-refractivity contribution in [2.24, 2.45) is 0 Å². The van der Waals surface area contributed by atoms with Crippen LogP contribution >= 0.6 is 11.8 Å². The zero-order valence-electron chi connectivity index (χ0n) is 13.7. The van der Waals surface area contributed by atoms with Crippen LogP contribution in [0.25, 0.3) is 21.9 Å². The molecule has 0 unspecified atom stereocenters. The van der Waals surface area contributed by atoms with Crippen LogP contribution in [0.2, 0.25) is 0 Å². The van der Waals surface area contributed by atoms with Gasteiger partial charge in [-0.05, 0) is 37.3 Å². The summed E-state index contributed by atoms with van der Waals surface area (Å²) in [7, 11) is 0. The van der Waals surface area contributed by atoms with Crippen molar-refractivity contribution in [1.82, 2.24) is 0 Å². The van der Waals surface area contributed by atoms with Crippen molar-refractivity contribution in [3.05, 3.63) is 72.8 Å². The minimum absolute atomic E-state index is 0.0238. The molecule has 124 valence electrons. The second-order valence-electron chi connectivity index (χ2n) is 5.87. The van der Waals surface area contributed by atoms with Crippen LogP contribution in [0.4, 0.5) is 5.69 Å². The van der Waals surface area contributed by atoms with Crippen LogP contribution in [-0.4, -0.2) is 11.2 Å². The lowest BCUT2D eigenvalue weighted by Gasteiger charge is -2.12. The van der Waals surface area contributed by atoms with Gasteiger partial charge < -0.3 is 9.73 Å². The van der Waals surface area contributed by atoms with E-state index in [0.717, 1.165) is 32.5 Å². The Kier molecular flexibility index (Phi) is 4.20. The lowest BCUT2D eigenvalue weighted by atomic mass is 10.1. The predicted octanol–water partition coefficient (Wildman–Crippen LogP) is 5.71.